The van der Waals surface area contributed by atoms with Crippen molar-refractivity contribution in [3.8, 4) is 0 Å². The van der Waals surface area contributed by atoms with Gasteiger partial charge in [-0.2, -0.15) is 0 Å². The second-order valence-corrected chi connectivity index (χ2v) is 11.2. The van der Waals surface area contributed by atoms with Gasteiger partial charge in [0.05, 0.1) is 6.26 Å². The molecule has 5 nitrogen and oxygen atoms in total. The first-order valence-electron chi connectivity index (χ1n) is 12.0. The van der Waals surface area contributed by atoms with Gasteiger partial charge in [-0.25, -0.2) is 4.79 Å². The normalized spacial score (nSPS) is 44.2. The van der Waals surface area contributed by atoms with Crippen molar-refractivity contribution in [2.75, 3.05) is 0 Å². The second kappa shape index (κ2) is 7.31. The fraction of sp³-hybridized carbons (Fsp3) is 0.731. The fourth-order valence-corrected chi connectivity index (χ4v) is 8.42. The Labute approximate surface area is 183 Å². The number of rotatable bonds is 2. The zero-order valence-corrected chi connectivity index (χ0v) is 18.9. The topological polar surface area (TPSA) is 73.6 Å². The minimum atomic E-state index is -0.339. The molecule has 31 heavy (non-hydrogen) atoms. The summed E-state index contributed by atoms with van der Waals surface area (Å²) in [5, 5.41) is 0. The molecule has 1 aromatic rings. The van der Waals surface area contributed by atoms with Crippen LogP contribution >= 0.6 is 0 Å². The van der Waals surface area contributed by atoms with Crippen molar-refractivity contribution < 1.29 is 18.7 Å². The van der Waals surface area contributed by atoms with E-state index in [-0.39, 0.29) is 40.4 Å². The lowest BCUT2D eigenvalue weighted by Crippen LogP contribution is -2.54. The maximum Gasteiger partial charge on any atom is 0.335 e. The van der Waals surface area contributed by atoms with Crippen molar-refractivity contribution >= 4 is 11.8 Å². The van der Waals surface area contributed by atoms with Gasteiger partial charge in [0, 0.05) is 25.3 Å². The molecule has 0 N–H and O–H groups in total. The predicted molar refractivity (Wildman–Crippen MR) is 115 cm³/mol. The van der Waals surface area contributed by atoms with Crippen LogP contribution in [-0.2, 0) is 14.3 Å². The Kier molecular flexibility index (Phi) is 4.95. The monoisotopic (exact) mass is 426 g/mol. The summed E-state index contributed by atoms with van der Waals surface area (Å²) in [5.74, 6) is 2.07. The van der Waals surface area contributed by atoms with Crippen LogP contribution in [0.5, 0.6) is 0 Å². The van der Waals surface area contributed by atoms with Gasteiger partial charge in [-0.1, -0.05) is 13.8 Å². The summed E-state index contributed by atoms with van der Waals surface area (Å²) < 4.78 is 10.7. The summed E-state index contributed by atoms with van der Waals surface area (Å²) in [6, 6.07) is 3.34. The standard InChI is InChI=1S/C26H34O5/c1-15(27)31-18-8-10-25(2)17(12-18)5-6-19-20(25)9-11-26(3)21(13-22(28)24(19)26)16-4-7-23(29)30-14-16/h4,7,14,17-21,24H,5-6,8-13H2,1-3H3/t17-,18+,19-,20+,21-,24-,25+,26-/m1/s1. The molecule has 0 bridgehead atoms. The highest BCUT2D eigenvalue weighted by atomic mass is 16.5. The molecule has 4 aliphatic rings. The highest BCUT2D eigenvalue weighted by molar-refractivity contribution is 5.86. The van der Waals surface area contributed by atoms with E-state index in [0.29, 0.717) is 30.0 Å². The van der Waals surface area contributed by atoms with Gasteiger partial charge in [0.25, 0.3) is 0 Å². The molecule has 0 unspecified atom stereocenters. The number of carbonyl (C=O) groups excluding carboxylic acids is 2. The SMILES string of the molecule is CC(=O)O[C@H]1CC[C@@]2(C)[C@H](CC[C@@H]3[C@@H]2CC[C@]2(C)[C@@H](c4ccc(=O)oc4)CC(=O)[C@@H]32)C1. The minimum Gasteiger partial charge on any atom is -0.463 e. The zero-order valence-electron chi connectivity index (χ0n) is 18.9. The van der Waals surface area contributed by atoms with Crippen LogP contribution in [0.3, 0.4) is 0 Å². The Balaban J connectivity index is 1.41. The first-order chi connectivity index (χ1) is 14.7. The van der Waals surface area contributed by atoms with E-state index in [2.05, 4.69) is 13.8 Å². The van der Waals surface area contributed by atoms with Crippen LogP contribution in [-0.4, -0.2) is 17.9 Å². The summed E-state index contributed by atoms with van der Waals surface area (Å²) in [6.45, 7) is 6.26. The Morgan fingerprint density at radius 3 is 2.55 bits per heavy atom. The molecule has 1 aromatic heterocycles. The van der Waals surface area contributed by atoms with Crippen LogP contribution in [0.4, 0.5) is 0 Å². The van der Waals surface area contributed by atoms with E-state index in [1.54, 1.807) is 6.26 Å². The Hall–Kier alpha value is -1.91. The van der Waals surface area contributed by atoms with Gasteiger partial charge in [0.15, 0.2) is 0 Å². The summed E-state index contributed by atoms with van der Waals surface area (Å²) in [5.41, 5.74) is 0.835. The van der Waals surface area contributed by atoms with Crippen molar-refractivity contribution in [1.82, 2.24) is 0 Å². The third-order valence-electron chi connectivity index (χ3n) is 9.84. The molecule has 1 heterocycles. The summed E-state index contributed by atoms with van der Waals surface area (Å²) in [6.07, 6.45) is 9.63. The summed E-state index contributed by atoms with van der Waals surface area (Å²) in [7, 11) is 0. The van der Waals surface area contributed by atoms with Crippen LogP contribution < -0.4 is 5.63 Å². The Morgan fingerprint density at radius 1 is 1.06 bits per heavy atom. The molecule has 0 aliphatic heterocycles. The molecule has 0 spiro atoms. The lowest BCUT2D eigenvalue weighted by atomic mass is 9.44. The van der Waals surface area contributed by atoms with Gasteiger partial charge < -0.3 is 9.15 Å². The molecule has 5 heteroatoms. The lowest BCUT2D eigenvalue weighted by molar-refractivity contribution is -0.161. The van der Waals surface area contributed by atoms with E-state index in [9.17, 15) is 14.4 Å². The van der Waals surface area contributed by atoms with Crippen LogP contribution in [0.2, 0.25) is 0 Å². The first kappa shape index (κ1) is 21.0. The predicted octanol–water partition coefficient (Wildman–Crippen LogP) is 4.88. The molecular weight excluding hydrogens is 392 g/mol. The van der Waals surface area contributed by atoms with Gasteiger partial charge in [0.1, 0.15) is 11.9 Å². The van der Waals surface area contributed by atoms with Crippen molar-refractivity contribution in [1.29, 1.82) is 0 Å². The van der Waals surface area contributed by atoms with Gasteiger partial charge in [0.2, 0.25) is 0 Å². The number of carbonyl (C=O) groups is 2. The van der Waals surface area contributed by atoms with Gasteiger partial charge >= 0.3 is 11.6 Å². The van der Waals surface area contributed by atoms with Crippen molar-refractivity contribution in [2.45, 2.75) is 84.2 Å². The zero-order chi connectivity index (χ0) is 22.0. The minimum absolute atomic E-state index is 0.0592. The highest BCUT2D eigenvalue weighted by Crippen LogP contribution is 2.68. The van der Waals surface area contributed by atoms with Gasteiger partial charge in [-0.3, -0.25) is 9.59 Å². The number of Topliss-reactive ketones (excluding diaryl/α,β-unsaturated/α-hetero) is 1. The molecule has 4 saturated carbocycles. The molecule has 4 aliphatic carbocycles. The number of ether oxygens (including phenoxy) is 1. The van der Waals surface area contributed by atoms with Crippen LogP contribution in [0.15, 0.2) is 27.6 Å². The molecule has 0 aromatic carbocycles. The third-order valence-corrected chi connectivity index (χ3v) is 9.84. The number of hydrogen-bond donors (Lipinski definition) is 0. The quantitative estimate of drug-likeness (QED) is 0.631. The van der Waals surface area contributed by atoms with Crippen LogP contribution in [0.25, 0.3) is 0 Å². The Morgan fingerprint density at radius 2 is 1.84 bits per heavy atom. The average Bonchev–Trinajstić information content (AvgIpc) is 2.99. The molecule has 5 rings (SSSR count). The van der Waals surface area contributed by atoms with E-state index in [1.807, 2.05) is 6.07 Å². The number of esters is 1. The molecule has 0 radical (unpaired) electrons. The van der Waals surface area contributed by atoms with Crippen molar-refractivity contribution in [3.05, 3.63) is 34.4 Å². The number of ketones is 1. The molecule has 8 atom stereocenters. The fourth-order valence-electron chi connectivity index (χ4n) is 8.42. The number of fused-ring (bicyclic) bond motifs is 5. The first-order valence-corrected chi connectivity index (χ1v) is 12.0. The van der Waals surface area contributed by atoms with Gasteiger partial charge in [-0.05, 0) is 91.1 Å². The summed E-state index contributed by atoms with van der Waals surface area (Å²) in [4.78, 5) is 36.3. The van der Waals surface area contributed by atoms with Crippen LogP contribution in [0, 0.1) is 34.5 Å². The van der Waals surface area contributed by atoms with E-state index in [0.717, 1.165) is 50.5 Å². The molecule has 168 valence electrons. The van der Waals surface area contributed by atoms with Crippen molar-refractivity contribution in [3.63, 3.8) is 0 Å². The third kappa shape index (κ3) is 3.22. The van der Waals surface area contributed by atoms with E-state index in [4.69, 9.17) is 9.15 Å². The molecular formula is C26H34O5. The maximum atomic E-state index is 13.4. The Bertz CT molecular complexity index is 929. The van der Waals surface area contributed by atoms with E-state index in [1.165, 1.54) is 13.0 Å². The second-order valence-electron chi connectivity index (χ2n) is 11.2. The largest absolute Gasteiger partial charge is 0.463 e. The molecule has 0 saturated heterocycles. The summed E-state index contributed by atoms with van der Waals surface area (Å²) >= 11 is 0. The van der Waals surface area contributed by atoms with E-state index >= 15 is 0 Å². The van der Waals surface area contributed by atoms with Crippen LogP contribution in [0.1, 0.15) is 83.6 Å². The molecule has 0 amide bonds. The average molecular weight is 427 g/mol. The van der Waals surface area contributed by atoms with Gasteiger partial charge in [-0.15, -0.1) is 0 Å². The lowest BCUT2D eigenvalue weighted by Gasteiger charge is -2.60. The highest BCUT2D eigenvalue weighted by Gasteiger charge is 2.63. The van der Waals surface area contributed by atoms with Crippen molar-refractivity contribution in [2.24, 2.45) is 34.5 Å². The number of hydrogen-bond acceptors (Lipinski definition) is 5. The van der Waals surface area contributed by atoms with E-state index < -0.39 is 0 Å². The molecule has 4 fully saturated rings. The maximum absolute atomic E-state index is 13.4. The smallest absolute Gasteiger partial charge is 0.335 e.